The topological polar surface area (TPSA) is 76.0 Å². The Morgan fingerprint density at radius 2 is 1.83 bits per heavy atom. The quantitative estimate of drug-likeness (QED) is 0.338. The summed E-state index contributed by atoms with van der Waals surface area (Å²) in [4.78, 5) is 24.6. The standard InChI is InChI=1S/C28H31NO6/c1-32-21-9-11-22(20(14-21)17-30)27-26(18-6-4-3-5-7-18)23-10-8-19(28(31)33-2)15-24(23)29(27)16-25-34-12-13-35-25/h8-11,14-15,17-18,25H,3-7,12-13,16H2,1-2H3. The monoisotopic (exact) mass is 477 g/mol. The van der Waals surface area contributed by atoms with Gasteiger partial charge in [0.05, 0.1) is 45.2 Å². The molecule has 1 saturated carbocycles. The van der Waals surface area contributed by atoms with Gasteiger partial charge in [-0.1, -0.05) is 25.3 Å². The second-order valence-electron chi connectivity index (χ2n) is 9.17. The van der Waals surface area contributed by atoms with Crippen molar-refractivity contribution in [1.82, 2.24) is 4.57 Å². The smallest absolute Gasteiger partial charge is 0.337 e. The van der Waals surface area contributed by atoms with Crippen molar-refractivity contribution in [3.63, 3.8) is 0 Å². The van der Waals surface area contributed by atoms with Gasteiger partial charge in [-0.15, -0.1) is 0 Å². The van der Waals surface area contributed by atoms with Gasteiger partial charge in [-0.05, 0) is 54.7 Å². The molecule has 0 N–H and O–H groups in total. The van der Waals surface area contributed by atoms with Crippen molar-refractivity contribution in [1.29, 1.82) is 0 Å². The Balaban J connectivity index is 1.81. The number of benzene rings is 2. The van der Waals surface area contributed by atoms with E-state index in [2.05, 4.69) is 4.57 Å². The first-order chi connectivity index (χ1) is 17.1. The van der Waals surface area contributed by atoms with Crippen LogP contribution in [-0.2, 0) is 20.8 Å². The van der Waals surface area contributed by atoms with Gasteiger partial charge in [0.1, 0.15) is 5.75 Å². The normalized spacial score (nSPS) is 17.1. The van der Waals surface area contributed by atoms with Crippen LogP contribution in [0.1, 0.15) is 64.3 Å². The van der Waals surface area contributed by atoms with Crippen LogP contribution in [0.15, 0.2) is 36.4 Å². The molecule has 1 saturated heterocycles. The van der Waals surface area contributed by atoms with E-state index in [1.54, 1.807) is 13.2 Å². The van der Waals surface area contributed by atoms with Crippen LogP contribution in [0.2, 0.25) is 0 Å². The lowest BCUT2D eigenvalue weighted by Crippen LogP contribution is -2.18. The molecule has 1 aromatic heterocycles. The maximum absolute atomic E-state index is 12.4. The SMILES string of the molecule is COC(=O)c1ccc2c(C3CCCCC3)c(-c3ccc(OC)cc3C=O)n(CC3OCCO3)c2c1. The minimum atomic E-state index is -0.400. The molecular weight excluding hydrogens is 446 g/mol. The van der Waals surface area contributed by atoms with Crippen LogP contribution in [0, 0.1) is 0 Å². The molecule has 7 nitrogen and oxygen atoms in total. The van der Waals surface area contributed by atoms with E-state index in [0.29, 0.717) is 42.6 Å². The zero-order valence-electron chi connectivity index (χ0n) is 20.2. The number of ether oxygens (including phenoxy) is 4. The van der Waals surface area contributed by atoms with Gasteiger partial charge in [0.2, 0.25) is 0 Å². The molecule has 1 aliphatic carbocycles. The predicted molar refractivity (Wildman–Crippen MR) is 132 cm³/mol. The molecule has 0 radical (unpaired) electrons. The maximum Gasteiger partial charge on any atom is 0.337 e. The second-order valence-corrected chi connectivity index (χ2v) is 9.17. The minimum Gasteiger partial charge on any atom is -0.497 e. The third kappa shape index (κ3) is 4.46. The lowest BCUT2D eigenvalue weighted by molar-refractivity contribution is -0.0514. The number of carbonyl (C=O) groups is 2. The molecule has 0 amide bonds. The highest BCUT2D eigenvalue weighted by Gasteiger charge is 2.30. The summed E-state index contributed by atoms with van der Waals surface area (Å²) in [6, 6.07) is 11.3. The van der Waals surface area contributed by atoms with Gasteiger partial charge < -0.3 is 23.5 Å². The van der Waals surface area contributed by atoms with Crippen LogP contribution in [0.25, 0.3) is 22.2 Å². The number of hydrogen-bond acceptors (Lipinski definition) is 6. The Labute approximate surface area is 204 Å². The summed E-state index contributed by atoms with van der Waals surface area (Å²) in [6.07, 6.45) is 6.25. The molecule has 2 fully saturated rings. The van der Waals surface area contributed by atoms with Crippen molar-refractivity contribution in [3.05, 3.63) is 53.1 Å². The fraction of sp³-hybridized carbons (Fsp3) is 0.429. The Bertz CT molecular complexity index is 1230. The highest BCUT2D eigenvalue weighted by Crippen LogP contribution is 2.45. The molecule has 5 rings (SSSR count). The van der Waals surface area contributed by atoms with Gasteiger partial charge >= 0.3 is 5.97 Å². The van der Waals surface area contributed by atoms with Gasteiger partial charge in [0.25, 0.3) is 0 Å². The molecule has 0 unspecified atom stereocenters. The number of esters is 1. The fourth-order valence-electron chi connectivity index (χ4n) is 5.55. The first kappa shape index (κ1) is 23.6. The fourth-order valence-corrected chi connectivity index (χ4v) is 5.55. The molecule has 0 spiro atoms. The number of hydrogen-bond donors (Lipinski definition) is 0. The summed E-state index contributed by atoms with van der Waals surface area (Å²) < 4.78 is 24.2. The third-order valence-electron chi connectivity index (χ3n) is 7.20. The van der Waals surface area contributed by atoms with Gasteiger partial charge in [-0.2, -0.15) is 0 Å². The van der Waals surface area contributed by atoms with Gasteiger partial charge in [-0.25, -0.2) is 4.79 Å². The van der Waals surface area contributed by atoms with Crippen LogP contribution in [0.4, 0.5) is 0 Å². The first-order valence-corrected chi connectivity index (χ1v) is 12.3. The predicted octanol–water partition coefficient (Wildman–Crippen LogP) is 5.34. The average molecular weight is 478 g/mol. The highest BCUT2D eigenvalue weighted by molar-refractivity contribution is 6.00. The number of rotatable bonds is 7. The number of fused-ring (bicyclic) bond motifs is 1. The number of nitrogens with zero attached hydrogens (tertiary/aromatic N) is 1. The van der Waals surface area contributed by atoms with E-state index < -0.39 is 6.29 Å². The molecule has 2 aliphatic rings. The summed E-state index contributed by atoms with van der Waals surface area (Å²) in [5.41, 5.74) is 5.01. The molecule has 3 aromatic rings. The molecule has 35 heavy (non-hydrogen) atoms. The van der Waals surface area contributed by atoms with Crippen molar-refractivity contribution < 1.29 is 28.5 Å². The summed E-state index contributed by atoms with van der Waals surface area (Å²) in [5.74, 6) is 0.610. The largest absolute Gasteiger partial charge is 0.497 e. The minimum absolute atomic E-state index is 0.360. The highest BCUT2D eigenvalue weighted by atomic mass is 16.7. The number of aldehydes is 1. The molecular formula is C28H31NO6. The van der Waals surface area contributed by atoms with Crippen molar-refractivity contribution in [3.8, 4) is 17.0 Å². The zero-order valence-corrected chi connectivity index (χ0v) is 20.2. The average Bonchev–Trinajstić information content (AvgIpc) is 3.54. The summed E-state index contributed by atoms with van der Waals surface area (Å²) >= 11 is 0. The Morgan fingerprint density at radius 3 is 2.51 bits per heavy atom. The van der Waals surface area contributed by atoms with Crippen LogP contribution in [0.3, 0.4) is 0 Å². The van der Waals surface area contributed by atoms with E-state index in [1.165, 1.54) is 31.9 Å². The summed E-state index contributed by atoms with van der Waals surface area (Å²) in [6.45, 7) is 1.54. The molecule has 7 heteroatoms. The first-order valence-electron chi connectivity index (χ1n) is 12.3. The van der Waals surface area contributed by atoms with E-state index >= 15 is 0 Å². The van der Waals surface area contributed by atoms with E-state index in [0.717, 1.165) is 41.3 Å². The zero-order chi connectivity index (χ0) is 24.4. The summed E-state index contributed by atoms with van der Waals surface area (Å²) in [7, 11) is 2.98. The van der Waals surface area contributed by atoms with Crippen molar-refractivity contribution in [2.45, 2.75) is 50.9 Å². The molecule has 2 heterocycles. The van der Waals surface area contributed by atoms with Crippen molar-refractivity contribution in [2.75, 3.05) is 27.4 Å². The Kier molecular flexibility index (Phi) is 6.88. The maximum atomic E-state index is 12.4. The van der Waals surface area contributed by atoms with Crippen LogP contribution >= 0.6 is 0 Å². The molecule has 2 aromatic carbocycles. The Morgan fingerprint density at radius 1 is 1.06 bits per heavy atom. The van der Waals surface area contributed by atoms with E-state index in [4.69, 9.17) is 18.9 Å². The van der Waals surface area contributed by atoms with Gasteiger partial charge in [0.15, 0.2) is 12.6 Å². The number of aromatic nitrogens is 1. The number of methoxy groups -OCH3 is 2. The molecule has 184 valence electrons. The van der Waals surface area contributed by atoms with E-state index in [9.17, 15) is 9.59 Å². The van der Waals surface area contributed by atoms with E-state index in [1.807, 2.05) is 30.3 Å². The summed E-state index contributed by atoms with van der Waals surface area (Å²) in [5, 5.41) is 1.09. The van der Waals surface area contributed by atoms with Crippen molar-refractivity contribution >= 4 is 23.2 Å². The number of carbonyl (C=O) groups excluding carboxylic acids is 2. The van der Waals surface area contributed by atoms with Gasteiger partial charge in [0, 0.05) is 22.0 Å². The van der Waals surface area contributed by atoms with Crippen LogP contribution in [-0.4, -0.2) is 50.5 Å². The van der Waals surface area contributed by atoms with Crippen LogP contribution in [0.5, 0.6) is 5.75 Å². The molecule has 0 bridgehead atoms. The lowest BCUT2D eigenvalue weighted by atomic mass is 9.81. The van der Waals surface area contributed by atoms with Crippen LogP contribution < -0.4 is 4.74 Å². The Hall–Kier alpha value is -3.16. The van der Waals surface area contributed by atoms with E-state index in [-0.39, 0.29) is 5.97 Å². The van der Waals surface area contributed by atoms with Crippen molar-refractivity contribution in [2.24, 2.45) is 0 Å². The lowest BCUT2D eigenvalue weighted by Gasteiger charge is -2.24. The van der Waals surface area contributed by atoms with Gasteiger partial charge in [-0.3, -0.25) is 4.79 Å². The third-order valence-corrected chi connectivity index (χ3v) is 7.20. The second kappa shape index (κ2) is 10.2. The molecule has 0 atom stereocenters. The molecule has 1 aliphatic heterocycles.